The standard InChI is InChI=1S/C39H55NO3/c1-36(2,3)31-18-29(19-32(22-31)37(4,5)6)25-40(13,42)24-27-14-16-28(17-15-27)26-43-35(41)30-20-33(38(7,8)9)23-34(21-30)39(10,11)12/h14-23H,24-26H2,1-13H3. The highest BCUT2D eigenvalue weighted by Gasteiger charge is 2.24. The van der Waals surface area contributed by atoms with Gasteiger partial charge in [0.15, 0.2) is 0 Å². The first-order valence-electron chi connectivity index (χ1n) is 15.6. The molecule has 0 aliphatic heterocycles. The summed E-state index contributed by atoms with van der Waals surface area (Å²) in [6.45, 7) is 27.2. The second kappa shape index (κ2) is 12.2. The number of benzene rings is 3. The van der Waals surface area contributed by atoms with Gasteiger partial charge in [-0.15, -0.1) is 0 Å². The van der Waals surface area contributed by atoms with E-state index >= 15 is 0 Å². The first kappa shape index (κ1) is 34.5. The Balaban J connectivity index is 1.71. The topological polar surface area (TPSA) is 49.4 Å². The van der Waals surface area contributed by atoms with Gasteiger partial charge in [-0.3, -0.25) is 0 Å². The number of nitrogens with zero attached hydrogens (tertiary/aromatic N) is 1. The van der Waals surface area contributed by atoms with Crippen molar-refractivity contribution in [2.24, 2.45) is 0 Å². The number of carbonyl (C=O) groups excluding carboxylic acids is 1. The summed E-state index contributed by atoms with van der Waals surface area (Å²) in [5.41, 5.74) is 8.12. The molecule has 4 heteroatoms. The third kappa shape index (κ3) is 9.78. The highest BCUT2D eigenvalue weighted by atomic mass is 16.5. The van der Waals surface area contributed by atoms with Gasteiger partial charge in [-0.25, -0.2) is 4.79 Å². The van der Waals surface area contributed by atoms with Crippen molar-refractivity contribution in [3.63, 3.8) is 0 Å². The van der Waals surface area contributed by atoms with Crippen LogP contribution in [0.2, 0.25) is 0 Å². The maximum Gasteiger partial charge on any atom is 0.338 e. The molecule has 0 heterocycles. The second-order valence-corrected chi connectivity index (χ2v) is 16.7. The fraction of sp³-hybridized carbons (Fsp3) is 0.513. The Morgan fingerprint density at radius 2 is 0.930 bits per heavy atom. The first-order chi connectivity index (χ1) is 19.4. The minimum Gasteiger partial charge on any atom is -0.632 e. The molecule has 234 valence electrons. The number of ether oxygens (including phenoxy) is 1. The molecule has 0 spiro atoms. The second-order valence-electron chi connectivity index (χ2n) is 16.7. The minimum absolute atomic E-state index is 0.00581. The van der Waals surface area contributed by atoms with Crippen molar-refractivity contribution in [3.05, 3.63) is 110 Å². The van der Waals surface area contributed by atoms with Crippen LogP contribution in [-0.4, -0.2) is 17.7 Å². The molecule has 43 heavy (non-hydrogen) atoms. The molecule has 0 saturated heterocycles. The summed E-state index contributed by atoms with van der Waals surface area (Å²) in [6, 6.07) is 20.6. The molecule has 0 aliphatic carbocycles. The van der Waals surface area contributed by atoms with Gasteiger partial charge in [-0.1, -0.05) is 119 Å². The lowest BCUT2D eigenvalue weighted by Crippen LogP contribution is -2.36. The van der Waals surface area contributed by atoms with Gasteiger partial charge >= 0.3 is 5.97 Å². The summed E-state index contributed by atoms with van der Waals surface area (Å²) in [5, 5.41) is 13.7. The van der Waals surface area contributed by atoms with Crippen molar-refractivity contribution in [2.45, 2.75) is 124 Å². The number of esters is 1. The molecule has 4 nitrogen and oxygen atoms in total. The molecule has 0 aliphatic rings. The van der Waals surface area contributed by atoms with Crippen molar-refractivity contribution in [3.8, 4) is 0 Å². The van der Waals surface area contributed by atoms with Gasteiger partial charge in [-0.05, 0) is 73.7 Å². The van der Waals surface area contributed by atoms with E-state index in [1.165, 1.54) is 11.1 Å². The summed E-state index contributed by atoms with van der Waals surface area (Å²) in [6.07, 6.45) is 0. The fourth-order valence-electron chi connectivity index (χ4n) is 5.06. The van der Waals surface area contributed by atoms with Crippen LogP contribution >= 0.6 is 0 Å². The molecule has 0 N–H and O–H groups in total. The van der Waals surface area contributed by atoms with Gasteiger partial charge in [0.05, 0.1) is 12.6 Å². The maximum atomic E-state index is 13.7. The maximum absolute atomic E-state index is 13.7. The molecule has 1 unspecified atom stereocenters. The molecule has 0 radical (unpaired) electrons. The summed E-state index contributed by atoms with van der Waals surface area (Å²) in [5.74, 6) is -0.323. The molecular formula is C39H55NO3. The van der Waals surface area contributed by atoms with E-state index in [9.17, 15) is 10.0 Å². The van der Waals surface area contributed by atoms with Crippen LogP contribution in [0.4, 0.5) is 0 Å². The fourth-order valence-corrected chi connectivity index (χ4v) is 5.06. The lowest BCUT2D eigenvalue weighted by Gasteiger charge is -2.39. The van der Waals surface area contributed by atoms with Gasteiger partial charge in [0.25, 0.3) is 0 Å². The zero-order chi connectivity index (χ0) is 32.6. The van der Waals surface area contributed by atoms with Crippen molar-refractivity contribution in [2.75, 3.05) is 7.05 Å². The Morgan fingerprint density at radius 3 is 1.33 bits per heavy atom. The molecule has 0 aromatic heterocycles. The summed E-state index contributed by atoms with van der Waals surface area (Å²) < 4.78 is 5.34. The Labute approximate surface area is 261 Å². The molecule has 3 aromatic rings. The van der Waals surface area contributed by atoms with E-state index in [4.69, 9.17) is 4.74 Å². The lowest BCUT2D eigenvalue weighted by molar-refractivity contribution is -0.887. The zero-order valence-corrected chi connectivity index (χ0v) is 29.1. The minimum atomic E-state index is -0.397. The van der Waals surface area contributed by atoms with E-state index in [-0.39, 0.29) is 34.2 Å². The quantitative estimate of drug-likeness (QED) is 0.157. The number of quaternary nitrogens is 1. The zero-order valence-electron chi connectivity index (χ0n) is 29.1. The van der Waals surface area contributed by atoms with E-state index in [1.54, 1.807) is 7.05 Å². The number of rotatable bonds is 7. The van der Waals surface area contributed by atoms with E-state index in [1.807, 2.05) is 36.4 Å². The van der Waals surface area contributed by atoms with Crippen LogP contribution in [-0.2, 0) is 46.1 Å². The molecule has 0 fully saturated rings. The van der Waals surface area contributed by atoms with E-state index in [0.717, 1.165) is 27.8 Å². The predicted molar refractivity (Wildman–Crippen MR) is 180 cm³/mol. The Hall–Kier alpha value is -2.95. The highest BCUT2D eigenvalue weighted by molar-refractivity contribution is 5.90. The van der Waals surface area contributed by atoms with Crippen molar-refractivity contribution >= 4 is 5.97 Å². The molecule has 3 rings (SSSR count). The van der Waals surface area contributed by atoms with Crippen LogP contribution in [0, 0.1) is 5.21 Å². The van der Waals surface area contributed by atoms with E-state index in [0.29, 0.717) is 18.7 Å². The van der Waals surface area contributed by atoms with Gasteiger partial charge in [0.2, 0.25) is 0 Å². The van der Waals surface area contributed by atoms with Crippen molar-refractivity contribution < 1.29 is 14.2 Å². The van der Waals surface area contributed by atoms with Gasteiger partial charge in [0.1, 0.15) is 19.7 Å². The predicted octanol–water partition coefficient (Wildman–Crippen LogP) is 9.88. The van der Waals surface area contributed by atoms with Crippen LogP contribution in [0.5, 0.6) is 0 Å². The lowest BCUT2D eigenvalue weighted by atomic mass is 9.79. The van der Waals surface area contributed by atoms with Crippen LogP contribution < -0.4 is 0 Å². The van der Waals surface area contributed by atoms with Crippen LogP contribution in [0.1, 0.15) is 132 Å². The highest BCUT2D eigenvalue weighted by Crippen LogP contribution is 2.32. The summed E-state index contributed by atoms with van der Waals surface area (Å²) in [7, 11) is 1.74. The Bertz CT molecular complexity index is 1360. The van der Waals surface area contributed by atoms with Crippen LogP contribution in [0.3, 0.4) is 0 Å². The normalized spacial score (nSPS) is 14.4. The largest absolute Gasteiger partial charge is 0.632 e. The van der Waals surface area contributed by atoms with E-state index < -0.39 is 4.65 Å². The van der Waals surface area contributed by atoms with E-state index in [2.05, 4.69) is 107 Å². The smallest absolute Gasteiger partial charge is 0.338 e. The average molecular weight is 586 g/mol. The van der Waals surface area contributed by atoms with Crippen molar-refractivity contribution in [1.82, 2.24) is 0 Å². The molecular weight excluding hydrogens is 530 g/mol. The van der Waals surface area contributed by atoms with Gasteiger partial charge in [0, 0.05) is 11.1 Å². The first-order valence-corrected chi connectivity index (χ1v) is 15.6. The number of hydrogen-bond acceptors (Lipinski definition) is 3. The average Bonchev–Trinajstić information content (AvgIpc) is 2.85. The molecule has 0 bridgehead atoms. The van der Waals surface area contributed by atoms with Crippen molar-refractivity contribution in [1.29, 1.82) is 0 Å². The molecule has 3 aromatic carbocycles. The van der Waals surface area contributed by atoms with Gasteiger partial charge < -0.3 is 14.6 Å². The molecule has 0 amide bonds. The SMILES string of the molecule is CC(C)(C)c1cc(C[N+](C)([O-])Cc2ccc(COC(=O)c3cc(C(C)(C)C)cc(C(C)(C)C)c3)cc2)cc(C(C)(C)C)c1. The number of hydrogen-bond donors (Lipinski definition) is 0. The third-order valence-electron chi connectivity index (χ3n) is 8.05. The molecule has 1 atom stereocenters. The summed E-state index contributed by atoms with van der Waals surface area (Å²) >= 11 is 0. The monoisotopic (exact) mass is 585 g/mol. The van der Waals surface area contributed by atoms with Crippen LogP contribution in [0.25, 0.3) is 0 Å². The molecule has 0 saturated carbocycles. The van der Waals surface area contributed by atoms with Gasteiger partial charge in [-0.2, -0.15) is 0 Å². The third-order valence-corrected chi connectivity index (χ3v) is 8.05. The number of hydroxylamine groups is 3. The Morgan fingerprint density at radius 1 is 0.581 bits per heavy atom. The number of carbonyl (C=O) groups is 1. The van der Waals surface area contributed by atoms with Crippen LogP contribution in [0.15, 0.2) is 60.7 Å². The summed E-state index contributed by atoms with van der Waals surface area (Å²) in [4.78, 5) is 13.1. The Kier molecular flexibility index (Phi) is 9.81.